The maximum Gasteiger partial charge on any atom is 0.255 e. The highest BCUT2D eigenvalue weighted by Gasteiger charge is 2.02. The first-order valence-electron chi connectivity index (χ1n) is 7.33. The maximum absolute atomic E-state index is 12.1. The van der Waals surface area contributed by atoms with Gasteiger partial charge in [-0.3, -0.25) is 4.79 Å². The minimum absolute atomic E-state index is 0. The van der Waals surface area contributed by atoms with Crippen LogP contribution in [0.25, 0.3) is 0 Å². The van der Waals surface area contributed by atoms with Gasteiger partial charge in [0, 0.05) is 24.0 Å². The molecule has 124 valence electrons. The standard InChI is InChI=1S/C17H22N4O.HI/c1-4-21-9-5-6-14(16(21)22)11-19-17(18)20-15-8-7-12(2)13(3)10-15;/h5-10H,4,11H2,1-3H3,(H3,18,19,20);1H. The Bertz CT molecular complexity index is 752. The number of nitrogens with zero attached hydrogens (tertiary/aromatic N) is 2. The third kappa shape index (κ3) is 5.09. The number of guanidine groups is 1. The Kier molecular flexibility index (Phi) is 7.28. The highest BCUT2D eigenvalue weighted by Crippen LogP contribution is 2.13. The minimum atomic E-state index is -0.0206. The lowest BCUT2D eigenvalue weighted by atomic mass is 10.1. The van der Waals surface area contributed by atoms with Gasteiger partial charge in [0.25, 0.3) is 5.56 Å². The van der Waals surface area contributed by atoms with Crippen LogP contribution < -0.4 is 16.6 Å². The van der Waals surface area contributed by atoms with Crippen LogP contribution in [0.15, 0.2) is 46.3 Å². The molecule has 2 rings (SSSR count). The van der Waals surface area contributed by atoms with E-state index < -0.39 is 0 Å². The molecule has 5 nitrogen and oxygen atoms in total. The van der Waals surface area contributed by atoms with Gasteiger partial charge in [-0.05, 0) is 50.1 Å². The Morgan fingerprint density at radius 3 is 2.65 bits per heavy atom. The molecule has 0 amide bonds. The van der Waals surface area contributed by atoms with E-state index in [-0.39, 0.29) is 36.1 Å². The number of hydrogen-bond donors (Lipinski definition) is 2. The van der Waals surface area contributed by atoms with E-state index in [4.69, 9.17) is 5.73 Å². The van der Waals surface area contributed by atoms with Crippen molar-refractivity contribution >= 4 is 35.6 Å². The summed E-state index contributed by atoms with van der Waals surface area (Å²) >= 11 is 0. The fourth-order valence-corrected chi connectivity index (χ4v) is 2.13. The summed E-state index contributed by atoms with van der Waals surface area (Å²) in [6, 6.07) is 9.63. The average molecular weight is 426 g/mol. The number of aryl methyl sites for hydroxylation is 3. The zero-order valence-corrected chi connectivity index (χ0v) is 16.0. The summed E-state index contributed by atoms with van der Waals surface area (Å²) in [6.45, 7) is 6.95. The second-order valence-corrected chi connectivity index (χ2v) is 5.25. The molecule has 0 atom stereocenters. The number of aliphatic imine (C=N–C) groups is 1. The smallest absolute Gasteiger partial charge is 0.255 e. The van der Waals surface area contributed by atoms with Gasteiger partial charge in [0.05, 0.1) is 6.54 Å². The molecule has 0 radical (unpaired) electrons. The van der Waals surface area contributed by atoms with Crippen LogP contribution in [-0.2, 0) is 13.1 Å². The number of anilines is 1. The van der Waals surface area contributed by atoms with Gasteiger partial charge in [-0.1, -0.05) is 12.1 Å². The molecule has 1 aromatic heterocycles. The van der Waals surface area contributed by atoms with Crippen molar-refractivity contribution < 1.29 is 0 Å². The zero-order chi connectivity index (χ0) is 16.1. The molecule has 0 unspecified atom stereocenters. The summed E-state index contributed by atoms with van der Waals surface area (Å²) in [4.78, 5) is 16.3. The van der Waals surface area contributed by atoms with E-state index in [0.29, 0.717) is 18.1 Å². The summed E-state index contributed by atoms with van der Waals surface area (Å²) < 4.78 is 1.65. The Labute approximate surface area is 153 Å². The Hall–Kier alpha value is -1.83. The van der Waals surface area contributed by atoms with Crippen molar-refractivity contribution in [3.63, 3.8) is 0 Å². The number of aromatic nitrogens is 1. The molecule has 2 aromatic rings. The number of halogens is 1. The van der Waals surface area contributed by atoms with Gasteiger partial charge in [0.1, 0.15) is 0 Å². The van der Waals surface area contributed by atoms with E-state index in [9.17, 15) is 4.79 Å². The summed E-state index contributed by atoms with van der Waals surface area (Å²) in [5.41, 5.74) is 9.81. The van der Waals surface area contributed by atoms with Crippen LogP contribution in [0, 0.1) is 13.8 Å². The van der Waals surface area contributed by atoms with Crippen molar-refractivity contribution in [3.05, 3.63) is 63.6 Å². The lowest BCUT2D eigenvalue weighted by Gasteiger charge is -2.08. The molecule has 23 heavy (non-hydrogen) atoms. The molecular weight excluding hydrogens is 403 g/mol. The zero-order valence-electron chi connectivity index (χ0n) is 13.7. The lowest BCUT2D eigenvalue weighted by Crippen LogP contribution is -2.25. The summed E-state index contributed by atoms with van der Waals surface area (Å²) in [5, 5.41) is 3.05. The molecular formula is C17H23IN4O. The number of pyridine rings is 1. The monoisotopic (exact) mass is 426 g/mol. The highest BCUT2D eigenvalue weighted by atomic mass is 127. The van der Waals surface area contributed by atoms with Crippen molar-refractivity contribution in [2.24, 2.45) is 10.7 Å². The molecule has 0 aliphatic carbocycles. The highest BCUT2D eigenvalue weighted by molar-refractivity contribution is 14.0. The normalized spacial score (nSPS) is 11.0. The Morgan fingerprint density at radius 2 is 2.00 bits per heavy atom. The third-order valence-electron chi connectivity index (χ3n) is 3.64. The van der Waals surface area contributed by atoms with Crippen molar-refractivity contribution in [2.45, 2.75) is 33.9 Å². The van der Waals surface area contributed by atoms with Crippen molar-refractivity contribution in [1.29, 1.82) is 0 Å². The molecule has 0 aliphatic rings. The maximum atomic E-state index is 12.1. The van der Waals surface area contributed by atoms with Gasteiger partial charge in [0.15, 0.2) is 5.96 Å². The van der Waals surface area contributed by atoms with Crippen molar-refractivity contribution in [1.82, 2.24) is 4.57 Å². The molecule has 6 heteroatoms. The number of nitrogens with one attached hydrogen (secondary N) is 1. The van der Waals surface area contributed by atoms with Gasteiger partial charge in [0.2, 0.25) is 0 Å². The molecule has 3 N–H and O–H groups in total. The van der Waals surface area contributed by atoms with Crippen LogP contribution in [0.1, 0.15) is 23.6 Å². The molecule has 0 aliphatic heterocycles. The average Bonchev–Trinajstić information content (AvgIpc) is 2.50. The van der Waals surface area contributed by atoms with Crippen LogP contribution in [-0.4, -0.2) is 10.5 Å². The first kappa shape index (κ1) is 19.2. The van der Waals surface area contributed by atoms with Gasteiger partial charge >= 0.3 is 0 Å². The molecule has 0 fully saturated rings. The Morgan fingerprint density at radius 1 is 1.26 bits per heavy atom. The lowest BCUT2D eigenvalue weighted by molar-refractivity contribution is 0.714. The third-order valence-corrected chi connectivity index (χ3v) is 3.64. The van der Waals surface area contributed by atoms with Crippen LogP contribution in [0.2, 0.25) is 0 Å². The quantitative estimate of drug-likeness (QED) is 0.449. The second kappa shape index (κ2) is 8.71. The van der Waals surface area contributed by atoms with E-state index >= 15 is 0 Å². The van der Waals surface area contributed by atoms with Crippen LogP contribution >= 0.6 is 24.0 Å². The van der Waals surface area contributed by atoms with Gasteiger partial charge in [-0.15, -0.1) is 24.0 Å². The first-order valence-corrected chi connectivity index (χ1v) is 7.33. The van der Waals surface area contributed by atoms with E-state index in [1.807, 2.05) is 38.1 Å². The molecule has 1 aromatic carbocycles. The van der Waals surface area contributed by atoms with Crippen molar-refractivity contribution in [3.8, 4) is 0 Å². The van der Waals surface area contributed by atoms with Gasteiger partial charge in [-0.2, -0.15) is 0 Å². The fraction of sp³-hybridized carbons (Fsp3) is 0.294. The van der Waals surface area contributed by atoms with E-state index in [1.54, 1.807) is 16.8 Å². The molecule has 0 saturated carbocycles. The van der Waals surface area contributed by atoms with Crippen LogP contribution in [0.5, 0.6) is 0 Å². The first-order chi connectivity index (χ1) is 10.5. The van der Waals surface area contributed by atoms with Crippen molar-refractivity contribution in [2.75, 3.05) is 5.32 Å². The topological polar surface area (TPSA) is 72.4 Å². The van der Waals surface area contributed by atoms with E-state index in [1.165, 1.54) is 11.1 Å². The number of benzene rings is 1. The molecule has 0 saturated heterocycles. The molecule has 0 spiro atoms. The number of nitrogens with two attached hydrogens (primary N) is 1. The predicted molar refractivity (Wildman–Crippen MR) is 107 cm³/mol. The second-order valence-electron chi connectivity index (χ2n) is 5.25. The number of rotatable bonds is 4. The van der Waals surface area contributed by atoms with E-state index in [2.05, 4.69) is 17.2 Å². The van der Waals surface area contributed by atoms with Gasteiger partial charge < -0.3 is 15.6 Å². The summed E-state index contributed by atoms with van der Waals surface area (Å²) in [7, 11) is 0. The minimum Gasteiger partial charge on any atom is -0.370 e. The number of hydrogen-bond acceptors (Lipinski definition) is 2. The summed E-state index contributed by atoms with van der Waals surface area (Å²) in [5.74, 6) is 0.301. The predicted octanol–water partition coefficient (Wildman–Crippen LogP) is 3.03. The largest absolute Gasteiger partial charge is 0.370 e. The summed E-state index contributed by atoms with van der Waals surface area (Å²) in [6.07, 6.45) is 1.77. The van der Waals surface area contributed by atoms with Crippen LogP contribution in [0.3, 0.4) is 0 Å². The molecule has 1 heterocycles. The van der Waals surface area contributed by atoms with Crippen LogP contribution in [0.4, 0.5) is 5.69 Å². The SMILES string of the molecule is CCn1cccc(CN=C(N)Nc2ccc(C)c(C)c2)c1=O.I. The molecule has 0 bridgehead atoms. The van der Waals surface area contributed by atoms with E-state index in [0.717, 1.165) is 5.69 Å². The fourth-order valence-electron chi connectivity index (χ4n) is 2.13. The Balaban J connectivity index is 0.00000264. The van der Waals surface area contributed by atoms with Gasteiger partial charge in [-0.25, -0.2) is 4.99 Å².